The number of carbonyl (C=O) groups is 3. The van der Waals surface area contributed by atoms with Crippen molar-refractivity contribution in [3.63, 3.8) is 0 Å². The number of amides is 4. The fraction of sp³-hybridized carbons (Fsp3) is 0.375. The third-order valence-electron chi connectivity index (χ3n) is 6.01. The van der Waals surface area contributed by atoms with Crippen molar-refractivity contribution >= 4 is 17.8 Å². The van der Waals surface area contributed by atoms with Crippen molar-refractivity contribution in [3.05, 3.63) is 59.2 Å². The van der Waals surface area contributed by atoms with E-state index in [1.807, 2.05) is 31.2 Å². The SMILES string of the molecule is CC(C)c1ccc([C@@H](C)NC(=O)CN2C(=O)N[C@@](C)(c3ccc4c(c3)OCO4)C2=O)cc1. The molecule has 0 spiro atoms. The van der Waals surface area contributed by atoms with Crippen LogP contribution in [0.4, 0.5) is 4.79 Å². The molecule has 8 nitrogen and oxygen atoms in total. The van der Waals surface area contributed by atoms with Crippen LogP contribution in [0.2, 0.25) is 0 Å². The van der Waals surface area contributed by atoms with Crippen LogP contribution < -0.4 is 20.1 Å². The molecule has 2 aromatic carbocycles. The van der Waals surface area contributed by atoms with E-state index in [2.05, 4.69) is 24.5 Å². The molecule has 2 heterocycles. The smallest absolute Gasteiger partial charge is 0.325 e. The highest BCUT2D eigenvalue weighted by Gasteiger charge is 2.50. The van der Waals surface area contributed by atoms with Gasteiger partial charge in [-0.15, -0.1) is 0 Å². The number of rotatable bonds is 6. The van der Waals surface area contributed by atoms with Crippen LogP contribution in [0.15, 0.2) is 42.5 Å². The highest BCUT2D eigenvalue weighted by atomic mass is 16.7. The van der Waals surface area contributed by atoms with Crippen LogP contribution in [-0.4, -0.2) is 36.1 Å². The molecule has 2 aliphatic rings. The molecular formula is C24H27N3O5. The molecule has 0 aromatic heterocycles. The highest BCUT2D eigenvalue weighted by molar-refractivity contribution is 6.09. The van der Waals surface area contributed by atoms with Crippen LogP contribution in [-0.2, 0) is 15.1 Å². The molecule has 0 aliphatic carbocycles. The average molecular weight is 437 g/mol. The third-order valence-corrected chi connectivity index (χ3v) is 6.01. The van der Waals surface area contributed by atoms with Gasteiger partial charge in [0.1, 0.15) is 12.1 Å². The number of fused-ring (bicyclic) bond motifs is 1. The number of urea groups is 1. The van der Waals surface area contributed by atoms with Crippen molar-refractivity contribution in [1.82, 2.24) is 15.5 Å². The average Bonchev–Trinajstić information content (AvgIpc) is 3.32. The Morgan fingerprint density at radius 3 is 2.41 bits per heavy atom. The van der Waals surface area contributed by atoms with Gasteiger partial charge in [-0.1, -0.05) is 44.2 Å². The molecule has 0 radical (unpaired) electrons. The quantitative estimate of drug-likeness (QED) is 0.677. The first-order valence-electron chi connectivity index (χ1n) is 10.6. The van der Waals surface area contributed by atoms with E-state index in [1.165, 1.54) is 5.56 Å². The van der Waals surface area contributed by atoms with Gasteiger partial charge in [-0.3, -0.25) is 14.5 Å². The van der Waals surface area contributed by atoms with Gasteiger partial charge in [0.05, 0.1) is 6.04 Å². The lowest BCUT2D eigenvalue weighted by Gasteiger charge is -2.22. The van der Waals surface area contributed by atoms with E-state index in [4.69, 9.17) is 9.47 Å². The van der Waals surface area contributed by atoms with Gasteiger partial charge < -0.3 is 20.1 Å². The molecule has 2 atom stereocenters. The number of hydrogen-bond acceptors (Lipinski definition) is 5. The van der Waals surface area contributed by atoms with Crippen LogP contribution in [0.1, 0.15) is 56.3 Å². The molecule has 2 aliphatic heterocycles. The van der Waals surface area contributed by atoms with Crippen molar-refractivity contribution in [1.29, 1.82) is 0 Å². The summed E-state index contributed by atoms with van der Waals surface area (Å²) in [7, 11) is 0. The summed E-state index contributed by atoms with van der Waals surface area (Å²) in [4.78, 5) is 39.2. The van der Waals surface area contributed by atoms with E-state index in [0.29, 0.717) is 23.0 Å². The topological polar surface area (TPSA) is 97.0 Å². The van der Waals surface area contributed by atoms with Gasteiger partial charge in [-0.2, -0.15) is 0 Å². The maximum Gasteiger partial charge on any atom is 0.325 e. The van der Waals surface area contributed by atoms with Gasteiger partial charge >= 0.3 is 6.03 Å². The van der Waals surface area contributed by atoms with Crippen LogP contribution >= 0.6 is 0 Å². The Bertz CT molecular complexity index is 1070. The van der Waals surface area contributed by atoms with E-state index in [9.17, 15) is 14.4 Å². The van der Waals surface area contributed by atoms with Gasteiger partial charge in [0.15, 0.2) is 11.5 Å². The van der Waals surface area contributed by atoms with Crippen LogP contribution in [0.25, 0.3) is 0 Å². The van der Waals surface area contributed by atoms with Crippen molar-refractivity contribution in [2.75, 3.05) is 13.3 Å². The Kier molecular flexibility index (Phi) is 5.54. The predicted molar refractivity (Wildman–Crippen MR) is 117 cm³/mol. The molecule has 0 saturated carbocycles. The number of benzene rings is 2. The van der Waals surface area contributed by atoms with E-state index >= 15 is 0 Å². The largest absolute Gasteiger partial charge is 0.454 e. The molecule has 0 bridgehead atoms. The molecule has 32 heavy (non-hydrogen) atoms. The standard InChI is InChI=1S/C24H27N3O5/c1-14(2)16-5-7-17(8-6-16)15(3)25-21(28)12-27-22(29)24(4,26-23(27)30)18-9-10-19-20(11-18)32-13-31-19/h5-11,14-15H,12-13H2,1-4H3,(H,25,28)(H,26,30)/t15-,24+/m1/s1. The predicted octanol–water partition coefficient (Wildman–Crippen LogP) is 3.18. The van der Waals surface area contributed by atoms with Crippen LogP contribution in [0.5, 0.6) is 11.5 Å². The number of nitrogens with one attached hydrogen (secondary N) is 2. The van der Waals surface area contributed by atoms with Crippen molar-refractivity contribution in [2.24, 2.45) is 0 Å². The van der Waals surface area contributed by atoms with Gasteiger partial charge in [0, 0.05) is 0 Å². The van der Waals surface area contributed by atoms with E-state index in [0.717, 1.165) is 10.5 Å². The molecule has 1 fully saturated rings. The fourth-order valence-electron chi connectivity index (χ4n) is 3.93. The molecule has 2 aromatic rings. The van der Waals surface area contributed by atoms with Gasteiger partial charge in [-0.25, -0.2) is 4.79 Å². The fourth-order valence-corrected chi connectivity index (χ4v) is 3.93. The van der Waals surface area contributed by atoms with E-state index < -0.39 is 23.4 Å². The second kappa shape index (κ2) is 8.18. The molecule has 1 saturated heterocycles. The lowest BCUT2D eigenvalue weighted by Crippen LogP contribution is -2.43. The number of ether oxygens (including phenoxy) is 2. The second-order valence-corrected chi connectivity index (χ2v) is 8.63. The molecule has 4 rings (SSSR count). The highest BCUT2D eigenvalue weighted by Crippen LogP contribution is 2.37. The summed E-state index contributed by atoms with van der Waals surface area (Å²) in [6.45, 7) is 7.47. The Balaban J connectivity index is 1.43. The van der Waals surface area contributed by atoms with Gasteiger partial charge in [0.2, 0.25) is 12.7 Å². The van der Waals surface area contributed by atoms with Gasteiger partial charge in [0.25, 0.3) is 5.91 Å². The van der Waals surface area contributed by atoms with Crippen LogP contribution in [0.3, 0.4) is 0 Å². The Hall–Kier alpha value is -3.55. The number of hydrogen-bond donors (Lipinski definition) is 2. The lowest BCUT2D eigenvalue weighted by molar-refractivity contribution is -0.135. The number of nitrogens with zero attached hydrogens (tertiary/aromatic N) is 1. The molecule has 8 heteroatoms. The number of imide groups is 1. The summed E-state index contributed by atoms with van der Waals surface area (Å²) in [5.41, 5.74) is 1.43. The summed E-state index contributed by atoms with van der Waals surface area (Å²) >= 11 is 0. The van der Waals surface area contributed by atoms with Crippen molar-refractivity contribution in [3.8, 4) is 11.5 Å². The van der Waals surface area contributed by atoms with Gasteiger partial charge in [-0.05, 0) is 48.6 Å². The summed E-state index contributed by atoms with van der Waals surface area (Å²) in [6.07, 6.45) is 0. The normalized spacial score (nSPS) is 20.5. The monoisotopic (exact) mass is 437 g/mol. The van der Waals surface area contributed by atoms with E-state index in [-0.39, 0.29) is 19.4 Å². The molecule has 0 unspecified atom stereocenters. The third kappa shape index (κ3) is 3.88. The maximum absolute atomic E-state index is 13.1. The first kappa shape index (κ1) is 21.7. The van der Waals surface area contributed by atoms with Crippen molar-refractivity contribution < 1.29 is 23.9 Å². The van der Waals surface area contributed by atoms with Crippen LogP contribution in [0, 0.1) is 0 Å². The first-order chi connectivity index (χ1) is 15.2. The number of carbonyl (C=O) groups excluding carboxylic acids is 3. The molecule has 168 valence electrons. The summed E-state index contributed by atoms with van der Waals surface area (Å²) in [5.74, 6) is 0.613. The minimum absolute atomic E-state index is 0.112. The minimum Gasteiger partial charge on any atom is -0.454 e. The zero-order valence-electron chi connectivity index (χ0n) is 18.6. The summed E-state index contributed by atoms with van der Waals surface area (Å²) in [6, 6.07) is 12.2. The summed E-state index contributed by atoms with van der Waals surface area (Å²) in [5, 5.41) is 5.57. The molecule has 4 amide bonds. The zero-order valence-corrected chi connectivity index (χ0v) is 18.6. The molecular weight excluding hydrogens is 410 g/mol. The Morgan fingerprint density at radius 2 is 1.72 bits per heavy atom. The van der Waals surface area contributed by atoms with Crippen molar-refractivity contribution in [2.45, 2.75) is 45.2 Å². The zero-order chi connectivity index (χ0) is 23.0. The Morgan fingerprint density at radius 1 is 1.06 bits per heavy atom. The molecule has 2 N–H and O–H groups in total. The Labute approximate surface area is 186 Å². The first-order valence-corrected chi connectivity index (χ1v) is 10.6. The lowest BCUT2D eigenvalue weighted by atomic mass is 9.91. The minimum atomic E-state index is -1.30. The summed E-state index contributed by atoms with van der Waals surface area (Å²) < 4.78 is 10.7. The second-order valence-electron chi connectivity index (χ2n) is 8.63. The van der Waals surface area contributed by atoms with E-state index in [1.54, 1.807) is 25.1 Å². The maximum atomic E-state index is 13.1.